The van der Waals surface area contributed by atoms with E-state index in [1.54, 1.807) is 0 Å². The molecule has 0 unspecified atom stereocenters. The maximum Gasteiger partial charge on any atom is 0.248 e. The summed E-state index contributed by atoms with van der Waals surface area (Å²) in [6.45, 7) is 2.11. The lowest BCUT2D eigenvalue weighted by Gasteiger charge is -2.28. The number of halogens is 1. The monoisotopic (exact) mass is 590 g/mol. The van der Waals surface area contributed by atoms with Crippen LogP contribution in [0.2, 0.25) is 0 Å². The zero-order valence-electron chi connectivity index (χ0n) is 19.8. The summed E-state index contributed by atoms with van der Waals surface area (Å²) in [5, 5.41) is 6.27. The Bertz CT molecular complexity index is 1400. The summed E-state index contributed by atoms with van der Waals surface area (Å²) in [5.74, 6) is 0. The van der Waals surface area contributed by atoms with Crippen LogP contribution in [0.15, 0.2) is 133 Å². The lowest BCUT2D eigenvalue weighted by molar-refractivity contribution is -0.670. The lowest BCUT2D eigenvalue weighted by Crippen LogP contribution is -3.00. The van der Waals surface area contributed by atoms with Crippen molar-refractivity contribution < 1.29 is 28.5 Å². The van der Waals surface area contributed by atoms with Crippen molar-refractivity contribution >= 4 is 29.2 Å². The molecule has 1 N–H and O–H groups in total. The average molecular weight is 590 g/mol. The van der Waals surface area contributed by atoms with Crippen LogP contribution in [0.1, 0.15) is 5.56 Å². The van der Waals surface area contributed by atoms with Gasteiger partial charge in [0.2, 0.25) is 6.33 Å². The number of benzene rings is 4. The minimum atomic E-state index is -2.45. The van der Waals surface area contributed by atoms with Crippen LogP contribution in [-0.4, -0.2) is 4.57 Å². The van der Waals surface area contributed by atoms with Gasteiger partial charge in [0, 0.05) is 16.3 Å². The molecule has 5 rings (SSSR count). The SMILES string of the molecule is Cc1ccc(NP(=Nc2ccccc2-n2cc[n+](C)c2)(c2ccccc2)c2ccccc2)cc1.[I-]. The highest BCUT2D eigenvalue weighted by molar-refractivity contribution is 7.82. The van der Waals surface area contributed by atoms with E-state index in [1.807, 2.05) is 17.8 Å². The maximum atomic E-state index is 5.60. The lowest BCUT2D eigenvalue weighted by atomic mass is 10.2. The van der Waals surface area contributed by atoms with E-state index in [9.17, 15) is 0 Å². The van der Waals surface area contributed by atoms with Crippen LogP contribution < -0.4 is 44.2 Å². The van der Waals surface area contributed by atoms with Crippen molar-refractivity contribution in [3.8, 4) is 5.69 Å². The first-order valence-electron chi connectivity index (χ1n) is 11.4. The molecule has 6 heteroatoms. The molecule has 0 aliphatic carbocycles. The summed E-state index contributed by atoms with van der Waals surface area (Å²) in [7, 11) is -0.417. The minimum absolute atomic E-state index is 0. The average Bonchev–Trinajstić information content (AvgIpc) is 3.32. The molecule has 35 heavy (non-hydrogen) atoms. The number of nitrogens with zero attached hydrogens (tertiary/aromatic N) is 3. The van der Waals surface area contributed by atoms with Crippen LogP contribution in [0.5, 0.6) is 0 Å². The Labute approximate surface area is 224 Å². The number of hydrogen-bond acceptors (Lipinski definition) is 1. The van der Waals surface area contributed by atoms with Crippen LogP contribution in [0.25, 0.3) is 5.69 Å². The van der Waals surface area contributed by atoms with E-state index in [2.05, 4.69) is 138 Å². The standard InChI is InChI=1S/C29H28N4P.HI/c1-24-17-19-25(20-18-24)30-34(26-11-5-3-6-12-26,27-13-7-4-8-14-27)31-28-15-9-10-16-29(28)33-22-21-32(2)23-33;/h3-23,30H,1-2H3;1H/q+1;/p-1. The minimum Gasteiger partial charge on any atom is -1.00 e. The third kappa shape index (κ3) is 5.42. The van der Waals surface area contributed by atoms with E-state index in [1.165, 1.54) is 16.2 Å². The number of anilines is 1. The van der Waals surface area contributed by atoms with Crippen LogP contribution in [-0.2, 0) is 7.05 Å². The molecule has 4 aromatic carbocycles. The molecule has 0 radical (unpaired) electrons. The van der Waals surface area contributed by atoms with Crippen molar-refractivity contribution in [2.75, 3.05) is 5.09 Å². The van der Waals surface area contributed by atoms with E-state index >= 15 is 0 Å². The molecule has 1 heterocycles. The fraction of sp³-hybridized carbons (Fsp3) is 0.0690. The van der Waals surface area contributed by atoms with E-state index in [0.717, 1.165) is 17.1 Å². The van der Waals surface area contributed by atoms with E-state index in [4.69, 9.17) is 4.74 Å². The number of aryl methyl sites for hydroxylation is 2. The summed E-state index contributed by atoms with van der Waals surface area (Å²) in [5.41, 5.74) is 4.28. The highest BCUT2D eigenvalue weighted by Crippen LogP contribution is 2.50. The summed E-state index contributed by atoms with van der Waals surface area (Å²) in [6, 6.07) is 38.1. The van der Waals surface area contributed by atoms with Crippen LogP contribution in [0.4, 0.5) is 11.4 Å². The van der Waals surface area contributed by atoms with Gasteiger partial charge in [-0.2, -0.15) is 0 Å². The number of aromatic nitrogens is 2. The first-order chi connectivity index (χ1) is 16.6. The highest BCUT2D eigenvalue weighted by atomic mass is 127. The van der Waals surface area contributed by atoms with Crippen molar-refractivity contribution in [2.45, 2.75) is 6.92 Å². The molecule has 0 spiro atoms. The quantitative estimate of drug-likeness (QED) is 0.184. The zero-order valence-corrected chi connectivity index (χ0v) is 22.8. The Balaban J connectivity index is 0.00000289. The summed E-state index contributed by atoms with van der Waals surface area (Å²) >= 11 is 0. The van der Waals surface area contributed by atoms with Crippen molar-refractivity contribution in [1.29, 1.82) is 0 Å². The zero-order chi connectivity index (χ0) is 23.4. The number of hydrogen-bond donors (Lipinski definition) is 1. The van der Waals surface area contributed by atoms with Gasteiger partial charge in [0.15, 0.2) is 5.69 Å². The molecule has 4 nitrogen and oxygen atoms in total. The van der Waals surface area contributed by atoms with E-state index in [-0.39, 0.29) is 24.0 Å². The Morgan fingerprint density at radius 1 is 0.743 bits per heavy atom. The number of nitrogens with one attached hydrogen (secondary N) is 1. The molecule has 0 aliphatic rings. The van der Waals surface area contributed by atoms with Crippen LogP contribution in [0.3, 0.4) is 0 Å². The van der Waals surface area contributed by atoms with Gasteiger partial charge in [0.25, 0.3) is 0 Å². The normalized spacial score (nSPS) is 10.9. The predicted molar refractivity (Wildman–Crippen MR) is 143 cm³/mol. The Morgan fingerprint density at radius 2 is 1.31 bits per heavy atom. The summed E-state index contributed by atoms with van der Waals surface area (Å²) in [6.07, 6.45) is 6.16. The molecular weight excluding hydrogens is 562 g/mol. The van der Waals surface area contributed by atoms with Gasteiger partial charge in [-0.05, 0) is 31.2 Å². The third-order valence-corrected chi connectivity index (χ3v) is 8.98. The van der Waals surface area contributed by atoms with Crippen molar-refractivity contribution in [3.05, 3.63) is 133 Å². The molecule has 5 aromatic rings. The first kappa shape index (κ1) is 25.0. The molecule has 0 saturated carbocycles. The number of rotatable bonds is 6. The second-order valence-electron chi connectivity index (χ2n) is 8.36. The summed E-state index contributed by atoms with van der Waals surface area (Å²) in [4.78, 5) is 0. The second kappa shape index (κ2) is 11.1. The Hall–Kier alpha value is -3.15. The van der Waals surface area contributed by atoms with Gasteiger partial charge >= 0.3 is 0 Å². The first-order valence-corrected chi connectivity index (χ1v) is 13.1. The van der Waals surface area contributed by atoms with Gasteiger partial charge in [-0.3, -0.25) is 0 Å². The van der Waals surface area contributed by atoms with E-state index in [0.29, 0.717) is 0 Å². The van der Waals surface area contributed by atoms with Crippen LogP contribution >= 0.6 is 7.21 Å². The van der Waals surface area contributed by atoms with Crippen LogP contribution in [0, 0.1) is 6.92 Å². The predicted octanol–water partition coefficient (Wildman–Crippen LogP) is 3.13. The van der Waals surface area contributed by atoms with E-state index < -0.39 is 7.21 Å². The van der Waals surface area contributed by atoms with Crippen molar-refractivity contribution in [1.82, 2.24) is 4.57 Å². The fourth-order valence-corrected chi connectivity index (χ4v) is 7.10. The maximum absolute atomic E-state index is 5.60. The largest absolute Gasteiger partial charge is 1.00 e. The molecule has 0 fully saturated rings. The van der Waals surface area contributed by atoms with Gasteiger partial charge in [-0.25, -0.2) is 13.9 Å². The molecule has 0 aliphatic heterocycles. The fourth-order valence-electron chi connectivity index (χ4n) is 4.04. The van der Waals surface area contributed by atoms with Crippen molar-refractivity contribution in [3.63, 3.8) is 0 Å². The molecule has 0 saturated heterocycles. The second-order valence-corrected chi connectivity index (χ2v) is 11.1. The summed E-state index contributed by atoms with van der Waals surface area (Å²) < 4.78 is 9.76. The van der Waals surface area contributed by atoms with Gasteiger partial charge in [0.1, 0.15) is 25.3 Å². The molecular formula is C29H28IN4P. The number of para-hydroxylation sites is 1. The van der Waals surface area contributed by atoms with Gasteiger partial charge in [-0.15, -0.1) is 0 Å². The third-order valence-electron chi connectivity index (χ3n) is 5.79. The Kier molecular flexibility index (Phi) is 7.89. The van der Waals surface area contributed by atoms with Gasteiger partial charge in [-0.1, -0.05) is 90.5 Å². The molecule has 1 aromatic heterocycles. The molecule has 0 bridgehead atoms. The molecule has 0 atom stereocenters. The number of imidazole rings is 1. The van der Waals surface area contributed by atoms with Gasteiger partial charge in [0.05, 0.1) is 7.05 Å². The Morgan fingerprint density at radius 3 is 1.89 bits per heavy atom. The topological polar surface area (TPSA) is 33.2 Å². The molecule has 0 amide bonds. The van der Waals surface area contributed by atoms with Crippen molar-refractivity contribution in [2.24, 2.45) is 11.8 Å². The van der Waals surface area contributed by atoms with Gasteiger partial charge < -0.3 is 29.1 Å². The molecule has 176 valence electrons. The smallest absolute Gasteiger partial charge is 0.248 e. The highest BCUT2D eigenvalue weighted by Gasteiger charge is 2.26.